The number of carbonyl (C=O) groups is 2. The van der Waals surface area contributed by atoms with Gasteiger partial charge in [-0.15, -0.1) is 0 Å². The van der Waals surface area contributed by atoms with Gasteiger partial charge in [0.15, 0.2) is 0 Å². The van der Waals surface area contributed by atoms with Gasteiger partial charge in [-0.25, -0.2) is 0 Å². The summed E-state index contributed by atoms with van der Waals surface area (Å²) in [6, 6.07) is 3.35. The number of carboxylic acid groups (broad SMARTS) is 1. The van der Waals surface area contributed by atoms with Gasteiger partial charge in [0.25, 0.3) is 0 Å². The number of ether oxygens (including phenoxy) is 1. The monoisotopic (exact) mass is 212 g/mol. The van der Waals surface area contributed by atoms with E-state index in [4.69, 9.17) is 9.52 Å². The molecule has 0 radical (unpaired) electrons. The van der Waals surface area contributed by atoms with Crippen molar-refractivity contribution in [1.82, 2.24) is 0 Å². The highest BCUT2D eigenvalue weighted by Crippen LogP contribution is 2.13. The van der Waals surface area contributed by atoms with E-state index < -0.39 is 17.9 Å². The first-order chi connectivity index (χ1) is 7.13. The molecule has 0 saturated carbocycles. The van der Waals surface area contributed by atoms with Crippen molar-refractivity contribution in [2.45, 2.75) is 12.8 Å². The normalized spacial score (nSPS) is 12.1. The number of hydrogen-bond donors (Lipinski definition) is 1. The minimum atomic E-state index is -1.03. The molecule has 1 heterocycles. The second-order valence-electron chi connectivity index (χ2n) is 3.10. The van der Waals surface area contributed by atoms with Crippen LogP contribution in [0.3, 0.4) is 0 Å². The number of furan rings is 1. The van der Waals surface area contributed by atoms with Crippen molar-refractivity contribution in [3.05, 3.63) is 24.2 Å². The summed E-state index contributed by atoms with van der Waals surface area (Å²) >= 11 is 0. The van der Waals surface area contributed by atoms with E-state index in [1.165, 1.54) is 13.4 Å². The van der Waals surface area contributed by atoms with E-state index in [2.05, 4.69) is 4.74 Å². The topological polar surface area (TPSA) is 76.7 Å². The molecule has 0 aliphatic carbocycles. The number of esters is 1. The lowest BCUT2D eigenvalue weighted by Crippen LogP contribution is -2.20. The van der Waals surface area contributed by atoms with Crippen molar-refractivity contribution >= 4 is 11.9 Å². The van der Waals surface area contributed by atoms with Crippen LogP contribution in [0.5, 0.6) is 0 Å². The molecule has 1 aromatic heterocycles. The minimum absolute atomic E-state index is 0.146. The Hall–Kier alpha value is -1.78. The van der Waals surface area contributed by atoms with E-state index in [0.717, 1.165) is 0 Å². The predicted octanol–water partition coefficient (Wildman–Crippen LogP) is 1.09. The average Bonchev–Trinajstić information content (AvgIpc) is 2.69. The van der Waals surface area contributed by atoms with Gasteiger partial charge in [-0.1, -0.05) is 0 Å². The summed E-state index contributed by atoms with van der Waals surface area (Å²) in [7, 11) is 1.23. The molecule has 1 rings (SSSR count). The van der Waals surface area contributed by atoms with Crippen molar-refractivity contribution in [3.8, 4) is 0 Å². The summed E-state index contributed by atoms with van der Waals surface area (Å²) in [5.41, 5.74) is 0. The van der Waals surface area contributed by atoms with Crippen molar-refractivity contribution in [2.75, 3.05) is 7.11 Å². The van der Waals surface area contributed by atoms with Crippen LogP contribution in [-0.4, -0.2) is 24.2 Å². The Morgan fingerprint density at radius 3 is 2.80 bits per heavy atom. The predicted molar refractivity (Wildman–Crippen MR) is 50.2 cm³/mol. The zero-order valence-corrected chi connectivity index (χ0v) is 8.30. The lowest BCUT2D eigenvalue weighted by molar-refractivity contribution is -0.149. The van der Waals surface area contributed by atoms with Gasteiger partial charge in [0.05, 0.1) is 25.7 Å². The van der Waals surface area contributed by atoms with Crippen LogP contribution in [0, 0.1) is 5.92 Å². The average molecular weight is 212 g/mol. The van der Waals surface area contributed by atoms with Gasteiger partial charge < -0.3 is 14.3 Å². The molecule has 0 aliphatic heterocycles. The first kappa shape index (κ1) is 11.3. The number of rotatable bonds is 5. The minimum Gasteiger partial charge on any atom is -0.481 e. The Kier molecular flexibility index (Phi) is 3.91. The fraction of sp³-hybridized carbons (Fsp3) is 0.400. The molecule has 0 saturated heterocycles. The van der Waals surface area contributed by atoms with Gasteiger partial charge in [-0.3, -0.25) is 9.59 Å². The first-order valence-electron chi connectivity index (χ1n) is 4.45. The summed E-state index contributed by atoms with van der Waals surface area (Å²) in [4.78, 5) is 21.8. The highest BCUT2D eigenvalue weighted by molar-refractivity contribution is 5.78. The van der Waals surface area contributed by atoms with Gasteiger partial charge in [-0.05, 0) is 12.1 Å². The Morgan fingerprint density at radius 2 is 2.33 bits per heavy atom. The highest BCUT2D eigenvalue weighted by Gasteiger charge is 2.23. The fourth-order valence-corrected chi connectivity index (χ4v) is 1.20. The molecule has 0 fully saturated rings. The standard InChI is InChI=1S/C10H12O5/c1-14-9(11)6-7(10(12)13)5-8-3-2-4-15-8/h2-4,7H,5-6H2,1H3,(H,12,13). The molecular formula is C10H12O5. The summed E-state index contributed by atoms with van der Waals surface area (Å²) in [6.45, 7) is 0. The lowest BCUT2D eigenvalue weighted by Gasteiger charge is -2.08. The maximum Gasteiger partial charge on any atom is 0.307 e. The lowest BCUT2D eigenvalue weighted by atomic mass is 10.0. The molecule has 15 heavy (non-hydrogen) atoms. The molecule has 1 atom stereocenters. The Balaban J connectivity index is 2.59. The number of methoxy groups -OCH3 is 1. The zero-order chi connectivity index (χ0) is 11.3. The van der Waals surface area contributed by atoms with Crippen LogP contribution < -0.4 is 0 Å². The number of aliphatic carboxylic acids is 1. The molecule has 0 spiro atoms. The molecule has 0 aromatic carbocycles. The molecule has 5 heteroatoms. The molecule has 82 valence electrons. The van der Waals surface area contributed by atoms with Crippen LogP contribution in [0.25, 0.3) is 0 Å². The van der Waals surface area contributed by atoms with E-state index in [1.807, 2.05) is 0 Å². The number of carboxylic acids is 1. The summed E-state index contributed by atoms with van der Waals surface area (Å²) in [5.74, 6) is -1.82. The third-order valence-corrected chi connectivity index (χ3v) is 2.02. The Bertz CT molecular complexity index is 328. The largest absolute Gasteiger partial charge is 0.481 e. The van der Waals surface area contributed by atoms with E-state index >= 15 is 0 Å². The summed E-state index contributed by atoms with van der Waals surface area (Å²) in [6.07, 6.45) is 1.51. The molecular weight excluding hydrogens is 200 g/mol. The maximum atomic E-state index is 10.9. The van der Waals surface area contributed by atoms with Crippen LogP contribution >= 0.6 is 0 Å². The van der Waals surface area contributed by atoms with Crippen molar-refractivity contribution in [1.29, 1.82) is 0 Å². The van der Waals surface area contributed by atoms with Gasteiger partial charge in [-0.2, -0.15) is 0 Å². The van der Waals surface area contributed by atoms with Crippen LogP contribution in [0.2, 0.25) is 0 Å². The molecule has 0 aliphatic rings. The maximum absolute atomic E-state index is 10.9. The third kappa shape index (κ3) is 3.46. The molecule has 1 unspecified atom stereocenters. The second-order valence-corrected chi connectivity index (χ2v) is 3.10. The summed E-state index contributed by atoms with van der Waals surface area (Å²) in [5, 5.41) is 8.87. The molecule has 1 aromatic rings. The van der Waals surface area contributed by atoms with Gasteiger partial charge in [0.2, 0.25) is 0 Å². The van der Waals surface area contributed by atoms with Gasteiger partial charge in [0, 0.05) is 6.42 Å². The van der Waals surface area contributed by atoms with Crippen LogP contribution in [0.15, 0.2) is 22.8 Å². The van der Waals surface area contributed by atoms with Crippen LogP contribution in [0.4, 0.5) is 0 Å². The van der Waals surface area contributed by atoms with E-state index in [9.17, 15) is 9.59 Å². The first-order valence-corrected chi connectivity index (χ1v) is 4.45. The Morgan fingerprint density at radius 1 is 1.60 bits per heavy atom. The van der Waals surface area contributed by atoms with Crippen molar-refractivity contribution < 1.29 is 23.8 Å². The number of carbonyl (C=O) groups excluding carboxylic acids is 1. The van der Waals surface area contributed by atoms with Gasteiger partial charge in [0.1, 0.15) is 5.76 Å². The second kappa shape index (κ2) is 5.19. The molecule has 1 N–H and O–H groups in total. The molecule has 5 nitrogen and oxygen atoms in total. The van der Waals surface area contributed by atoms with E-state index in [1.54, 1.807) is 12.1 Å². The summed E-state index contributed by atoms with van der Waals surface area (Å²) < 4.78 is 9.43. The third-order valence-electron chi connectivity index (χ3n) is 2.02. The van der Waals surface area contributed by atoms with Gasteiger partial charge >= 0.3 is 11.9 Å². The smallest absolute Gasteiger partial charge is 0.307 e. The SMILES string of the molecule is COC(=O)CC(Cc1ccco1)C(=O)O. The highest BCUT2D eigenvalue weighted by atomic mass is 16.5. The van der Waals surface area contributed by atoms with Crippen LogP contribution in [0.1, 0.15) is 12.2 Å². The van der Waals surface area contributed by atoms with Crippen molar-refractivity contribution in [2.24, 2.45) is 5.92 Å². The molecule has 0 amide bonds. The Labute approximate surface area is 86.6 Å². The number of hydrogen-bond acceptors (Lipinski definition) is 4. The fourth-order valence-electron chi connectivity index (χ4n) is 1.20. The van der Waals surface area contributed by atoms with E-state index in [0.29, 0.717) is 5.76 Å². The van der Waals surface area contributed by atoms with Crippen LogP contribution in [-0.2, 0) is 20.7 Å². The molecule has 0 bridgehead atoms. The quantitative estimate of drug-likeness (QED) is 0.739. The zero-order valence-electron chi connectivity index (χ0n) is 8.30. The van der Waals surface area contributed by atoms with Crippen molar-refractivity contribution in [3.63, 3.8) is 0 Å². The van der Waals surface area contributed by atoms with E-state index in [-0.39, 0.29) is 12.8 Å².